The molecule has 9 heteroatoms. The van der Waals surface area contributed by atoms with Crippen molar-refractivity contribution in [1.29, 1.82) is 0 Å². The van der Waals surface area contributed by atoms with Gasteiger partial charge in [0.2, 0.25) is 5.91 Å². The van der Waals surface area contributed by atoms with Gasteiger partial charge in [-0.25, -0.2) is 0 Å². The van der Waals surface area contributed by atoms with Crippen LogP contribution in [0.2, 0.25) is 0 Å². The molecule has 0 unspecified atom stereocenters. The van der Waals surface area contributed by atoms with Crippen LogP contribution in [-0.4, -0.2) is 31.3 Å². The first kappa shape index (κ1) is 18.6. The summed E-state index contributed by atoms with van der Waals surface area (Å²) < 4.78 is 77.2. The predicted octanol–water partition coefficient (Wildman–Crippen LogP) is 3.65. The molecule has 1 aliphatic carbocycles. The number of amides is 1. The largest absolute Gasteiger partial charge is 0.416 e. The Balaban J connectivity index is 1.72. The summed E-state index contributed by atoms with van der Waals surface area (Å²) in [5.74, 6) is -0.621. The number of ether oxygens (including phenoxy) is 1. The van der Waals surface area contributed by atoms with Crippen molar-refractivity contribution in [3.8, 4) is 0 Å². The fourth-order valence-electron chi connectivity index (χ4n) is 2.48. The van der Waals surface area contributed by atoms with Gasteiger partial charge in [0.25, 0.3) is 0 Å². The number of alkyl halides is 6. The average molecular weight is 355 g/mol. The van der Waals surface area contributed by atoms with Gasteiger partial charge >= 0.3 is 12.4 Å². The third kappa shape index (κ3) is 5.40. The molecule has 1 aliphatic rings. The molecule has 0 bridgehead atoms. The van der Waals surface area contributed by atoms with Crippen LogP contribution in [-0.2, 0) is 15.7 Å². The number of benzene rings is 1. The maximum Gasteiger partial charge on any atom is 0.416 e. The summed E-state index contributed by atoms with van der Waals surface area (Å²) in [5, 5.41) is 2.53. The van der Waals surface area contributed by atoms with Gasteiger partial charge in [-0.15, -0.1) is 0 Å². The quantitative estimate of drug-likeness (QED) is 0.819. The van der Waals surface area contributed by atoms with Crippen molar-refractivity contribution >= 4 is 5.91 Å². The minimum Gasteiger partial charge on any atom is -0.362 e. The van der Waals surface area contributed by atoms with Crippen molar-refractivity contribution in [3.05, 3.63) is 35.4 Å². The van der Waals surface area contributed by atoms with E-state index in [1.165, 1.54) is 12.1 Å². The minimum atomic E-state index is -4.48. The van der Waals surface area contributed by atoms with Crippen LogP contribution in [0, 0.1) is 0 Å². The summed E-state index contributed by atoms with van der Waals surface area (Å²) in [6.07, 6.45) is -7.82. The topological polar surface area (TPSA) is 38.3 Å². The van der Waals surface area contributed by atoms with Gasteiger partial charge in [-0.05, 0) is 36.5 Å². The second kappa shape index (κ2) is 7.00. The first-order chi connectivity index (χ1) is 11.0. The SMILES string of the molecule is O=C(COCC(F)(F)F)NC1CC(c2ccc(C(F)(F)F)cc2)C1. The first-order valence-electron chi connectivity index (χ1n) is 7.15. The molecule has 1 N–H and O–H groups in total. The summed E-state index contributed by atoms with van der Waals surface area (Å²) >= 11 is 0. The van der Waals surface area contributed by atoms with Gasteiger partial charge < -0.3 is 10.1 Å². The van der Waals surface area contributed by atoms with Crippen LogP contribution >= 0.6 is 0 Å². The standard InChI is InChI=1S/C15H15F6NO2/c16-14(17,18)8-24-7-13(23)22-12-5-10(6-12)9-1-3-11(4-2-9)15(19,20)21/h1-4,10,12H,5-8H2,(H,22,23). The van der Waals surface area contributed by atoms with Crippen molar-refractivity contribution in [2.24, 2.45) is 0 Å². The number of hydrogen-bond acceptors (Lipinski definition) is 2. The summed E-state index contributed by atoms with van der Waals surface area (Å²) in [6, 6.07) is 4.60. The normalized spacial score (nSPS) is 21.2. The van der Waals surface area contributed by atoms with Crippen LogP contribution in [0.4, 0.5) is 26.3 Å². The highest BCUT2D eigenvalue weighted by Crippen LogP contribution is 2.38. The highest BCUT2D eigenvalue weighted by atomic mass is 19.4. The lowest BCUT2D eigenvalue weighted by Gasteiger charge is -2.36. The van der Waals surface area contributed by atoms with E-state index in [0.717, 1.165) is 17.7 Å². The number of nitrogens with one attached hydrogen (secondary N) is 1. The zero-order chi connectivity index (χ0) is 18.0. The third-order valence-corrected chi connectivity index (χ3v) is 3.71. The molecule has 1 fully saturated rings. The molecule has 24 heavy (non-hydrogen) atoms. The highest BCUT2D eigenvalue weighted by molar-refractivity contribution is 5.77. The maximum absolute atomic E-state index is 12.5. The summed E-state index contributed by atoms with van der Waals surface area (Å²) in [6.45, 7) is -2.17. The second-order valence-electron chi connectivity index (χ2n) is 5.66. The van der Waals surface area contributed by atoms with E-state index in [2.05, 4.69) is 10.1 Å². The van der Waals surface area contributed by atoms with E-state index in [4.69, 9.17) is 0 Å². The van der Waals surface area contributed by atoms with Crippen molar-refractivity contribution in [3.63, 3.8) is 0 Å². The Bertz CT molecular complexity index is 561. The lowest BCUT2D eigenvalue weighted by molar-refractivity contribution is -0.175. The van der Waals surface area contributed by atoms with Crippen molar-refractivity contribution < 1.29 is 35.9 Å². The Morgan fingerprint density at radius 1 is 1.08 bits per heavy atom. The van der Waals surface area contributed by atoms with E-state index in [1.807, 2.05) is 0 Å². The minimum absolute atomic E-state index is 0.0219. The fourth-order valence-corrected chi connectivity index (χ4v) is 2.48. The number of rotatable bonds is 5. The fraction of sp³-hybridized carbons (Fsp3) is 0.533. The Labute approximate surface area is 134 Å². The Morgan fingerprint density at radius 2 is 1.67 bits per heavy atom. The number of carbonyl (C=O) groups is 1. The zero-order valence-corrected chi connectivity index (χ0v) is 12.4. The van der Waals surface area contributed by atoms with Gasteiger partial charge in [0, 0.05) is 6.04 Å². The molecule has 1 saturated carbocycles. The van der Waals surface area contributed by atoms with Gasteiger partial charge in [0.1, 0.15) is 13.2 Å². The molecule has 1 aromatic carbocycles. The molecule has 0 saturated heterocycles. The molecule has 0 aliphatic heterocycles. The van der Waals surface area contributed by atoms with Gasteiger partial charge in [-0.2, -0.15) is 26.3 Å². The molecular weight excluding hydrogens is 340 g/mol. The Morgan fingerprint density at radius 3 is 2.17 bits per heavy atom. The van der Waals surface area contributed by atoms with Crippen LogP contribution in [0.1, 0.15) is 29.9 Å². The third-order valence-electron chi connectivity index (χ3n) is 3.71. The Hall–Kier alpha value is -1.77. The molecular formula is C15H15F6NO2. The van der Waals surface area contributed by atoms with E-state index in [0.29, 0.717) is 12.8 Å². The summed E-state index contributed by atoms with van der Waals surface area (Å²) in [4.78, 5) is 11.4. The lowest BCUT2D eigenvalue weighted by Crippen LogP contribution is -2.45. The molecule has 2 rings (SSSR count). The molecule has 134 valence electrons. The van der Waals surface area contributed by atoms with Gasteiger partial charge in [-0.3, -0.25) is 4.79 Å². The van der Waals surface area contributed by atoms with Crippen LogP contribution in [0.25, 0.3) is 0 Å². The van der Waals surface area contributed by atoms with Crippen LogP contribution < -0.4 is 5.32 Å². The summed E-state index contributed by atoms with van der Waals surface area (Å²) in [7, 11) is 0. The number of halogens is 6. The predicted molar refractivity (Wildman–Crippen MR) is 72.2 cm³/mol. The van der Waals surface area contributed by atoms with Crippen LogP contribution in [0.3, 0.4) is 0 Å². The highest BCUT2D eigenvalue weighted by Gasteiger charge is 2.34. The number of hydrogen-bond donors (Lipinski definition) is 1. The molecule has 0 spiro atoms. The molecule has 0 atom stereocenters. The average Bonchev–Trinajstić information content (AvgIpc) is 2.40. The van der Waals surface area contributed by atoms with Crippen LogP contribution in [0.15, 0.2) is 24.3 Å². The molecule has 1 aromatic rings. The van der Waals surface area contributed by atoms with Gasteiger partial charge in [0.05, 0.1) is 5.56 Å². The first-order valence-corrected chi connectivity index (χ1v) is 7.15. The lowest BCUT2D eigenvalue weighted by atomic mass is 9.75. The van der Waals surface area contributed by atoms with Crippen LogP contribution in [0.5, 0.6) is 0 Å². The maximum atomic E-state index is 12.5. The van der Waals surface area contributed by atoms with Crippen molar-refractivity contribution in [2.45, 2.75) is 37.2 Å². The van der Waals surface area contributed by atoms with E-state index < -0.39 is 37.0 Å². The van der Waals surface area contributed by atoms with E-state index >= 15 is 0 Å². The monoisotopic (exact) mass is 355 g/mol. The molecule has 0 heterocycles. The second-order valence-corrected chi connectivity index (χ2v) is 5.66. The smallest absolute Gasteiger partial charge is 0.362 e. The van der Waals surface area contributed by atoms with Gasteiger partial charge in [0.15, 0.2) is 0 Å². The van der Waals surface area contributed by atoms with E-state index in [1.54, 1.807) is 0 Å². The Kier molecular flexibility index (Phi) is 5.42. The van der Waals surface area contributed by atoms with Crippen molar-refractivity contribution in [2.75, 3.05) is 13.2 Å². The number of carbonyl (C=O) groups excluding carboxylic acids is 1. The zero-order valence-electron chi connectivity index (χ0n) is 12.4. The molecule has 0 aromatic heterocycles. The van der Waals surface area contributed by atoms with E-state index in [-0.39, 0.29) is 12.0 Å². The molecule has 1 amide bonds. The molecule has 0 radical (unpaired) electrons. The molecule has 3 nitrogen and oxygen atoms in total. The van der Waals surface area contributed by atoms with Crippen molar-refractivity contribution in [1.82, 2.24) is 5.32 Å². The van der Waals surface area contributed by atoms with E-state index in [9.17, 15) is 31.1 Å². The summed E-state index contributed by atoms with van der Waals surface area (Å²) in [5.41, 5.74) is 0.0130. The van der Waals surface area contributed by atoms with Gasteiger partial charge in [-0.1, -0.05) is 12.1 Å².